The first-order valence-corrected chi connectivity index (χ1v) is 9.42. The summed E-state index contributed by atoms with van der Waals surface area (Å²) in [6, 6.07) is 5.51. The van der Waals surface area contributed by atoms with Gasteiger partial charge in [0, 0.05) is 19.6 Å². The van der Waals surface area contributed by atoms with Gasteiger partial charge in [0.1, 0.15) is 0 Å². The predicted octanol–water partition coefficient (Wildman–Crippen LogP) is 3.79. The van der Waals surface area contributed by atoms with E-state index in [9.17, 15) is 4.79 Å². The van der Waals surface area contributed by atoms with E-state index in [-0.39, 0.29) is 0 Å². The van der Waals surface area contributed by atoms with Gasteiger partial charge < -0.3 is 15.5 Å². The second-order valence-corrected chi connectivity index (χ2v) is 6.80. The van der Waals surface area contributed by atoms with Gasteiger partial charge in [-0.3, -0.25) is 4.79 Å². The van der Waals surface area contributed by atoms with E-state index in [1.807, 2.05) is 19.1 Å². The van der Waals surface area contributed by atoms with Gasteiger partial charge in [0.25, 0.3) is 0 Å². The summed E-state index contributed by atoms with van der Waals surface area (Å²) in [5.41, 5.74) is 5.85. The van der Waals surface area contributed by atoms with E-state index in [2.05, 4.69) is 4.90 Å². The van der Waals surface area contributed by atoms with E-state index in [0.29, 0.717) is 16.6 Å². The zero-order valence-corrected chi connectivity index (χ0v) is 16.0. The SMILES string of the molecule is CCN.O=CN(CCN1CCCCCC1)Cc1ccc(Cl)c(Cl)c1. The molecular weight excluding hydrogens is 345 g/mol. The van der Waals surface area contributed by atoms with Crippen molar-refractivity contribution in [2.45, 2.75) is 39.2 Å². The fraction of sp³-hybridized carbons (Fsp3) is 0.611. The zero-order valence-electron chi connectivity index (χ0n) is 14.5. The Morgan fingerprint density at radius 1 is 1.17 bits per heavy atom. The Morgan fingerprint density at radius 2 is 1.79 bits per heavy atom. The molecule has 1 aliphatic rings. The lowest BCUT2D eigenvalue weighted by molar-refractivity contribution is -0.118. The molecule has 0 saturated carbocycles. The highest BCUT2D eigenvalue weighted by Gasteiger charge is 2.11. The number of nitrogens with two attached hydrogens (primary N) is 1. The zero-order chi connectivity index (χ0) is 17.8. The van der Waals surface area contributed by atoms with Crippen LogP contribution in [-0.2, 0) is 11.3 Å². The average Bonchev–Trinajstić information content (AvgIpc) is 2.84. The van der Waals surface area contributed by atoms with E-state index in [0.717, 1.165) is 44.7 Å². The summed E-state index contributed by atoms with van der Waals surface area (Å²) in [6.07, 6.45) is 6.12. The molecule has 1 fully saturated rings. The van der Waals surface area contributed by atoms with Gasteiger partial charge in [0.05, 0.1) is 10.0 Å². The minimum absolute atomic E-state index is 0.535. The molecule has 1 amide bonds. The van der Waals surface area contributed by atoms with Crippen LogP contribution in [0.1, 0.15) is 38.2 Å². The highest BCUT2D eigenvalue weighted by atomic mass is 35.5. The van der Waals surface area contributed by atoms with Crippen LogP contribution in [0.2, 0.25) is 10.0 Å². The molecular formula is C18H29Cl2N3O. The molecule has 4 nitrogen and oxygen atoms in total. The molecule has 1 saturated heterocycles. The maximum atomic E-state index is 11.3. The van der Waals surface area contributed by atoms with E-state index in [4.69, 9.17) is 28.9 Å². The van der Waals surface area contributed by atoms with Crippen molar-refractivity contribution >= 4 is 29.6 Å². The first-order valence-electron chi connectivity index (χ1n) is 8.66. The van der Waals surface area contributed by atoms with Crippen LogP contribution < -0.4 is 5.73 Å². The Hall–Kier alpha value is -0.810. The van der Waals surface area contributed by atoms with Crippen molar-refractivity contribution in [3.8, 4) is 0 Å². The van der Waals surface area contributed by atoms with Crippen molar-refractivity contribution in [1.29, 1.82) is 0 Å². The molecule has 0 atom stereocenters. The molecule has 136 valence electrons. The van der Waals surface area contributed by atoms with Crippen LogP contribution in [-0.4, -0.2) is 48.9 Å². The number of carbonyl (C=O) groups is 1. The second-order valence-electron chi connectivity index (χ2n) is 5.99. The molecule has 0 bridgehead atoms. The number of rotatable bonds is 6. The van der Waals surface area contributed by atoms with Crippen molar-refractivity contribution in [2.75, 3.05) is 32.7 Å². The smallest absolute Gasteiger partial charge is 0.210 e. The number of carbonyl (C=O) groups excluding carboxylic acids is 1. The number of likely N-dealkylation sites (tertiary alicyclic amines) is 1. The van der Waals surface area contributed by atoms with Crippen LogP contribution in [0, 0.1) is 0 Å². The Labute approximate surface area is 155 Å². The van der Waals surface area contributed by atoms with E-state index >= 15 is 0 Å². The number of hydrogen-bond donors (Lipinski definition) is 1. The highest BCUT2D eigenvalue weighted by Crippen LogP contribution is 2.23. The first-order chi connectivity index (χ1) is 11.6. The standard InChI is InChI=1S/C16H22Cl2N2O.C2H7N/c17-15-6-5-14(11-16(15)18)12-20(13-21)10-9-19-7-3-1-2-4-8-19;1-2-3/h5-6,11,13H,1-4,7-10,12H2;2-3H2,1H3. The van der Waals surface area contributed by atoms with Crippen LogP contribution >= 0.6 is 23.2 Å². The van der Waals surface area contributed by atoms with E-state index in [1.165, 1.54) is 25.7 Å². The van der Waals surface area contributed by atoms with Gasteiger partial charge in [-0.05, 0) is 50.2 Å². The quantitative estimate of drug-likeness (QED) is 0.771. The molecule has 0 unspecified atom stereocenters. The summed E-state index contributed by atoms with van der Waals surface area (Å²) >= 11 is 11.9. The van der Waals surface area contributed by atoms with Crippen molar-refractivity contribution in [2.24, 2.45) is 5.73 Å². The van der Waals surface area contributed by atoms with Crippen LogP contribution in [0.3, 0.4) is 0 Å². The number of benzene rings is 1. The van der Waals surface area contributed by atoms with Gasteiger partial charge in [-0.15, -0.1) is 0 Å². The topological polar surface area (TPSA) is 49.6 Å². The lowest BCUT2D eigenvalue weighted by Gasteiger charge is -2.24. The minimum atomic E-state index is 0.535. The van der Waals surface area contributed by atoms with E-state index in [1.54, 1.807) is 11.0 Å². The van der Waals surface area contributed by atoms with Gasteiger partial charge in [-0.25, -0.2) is 0 Å². The fourth-order valence-corrected chi connectivity index (χ4v) is 2.99. The summed E-state index contributed by atoms with van der Waals surface area (Å²) in [4.78, 5) is 15.5. The largest absolute Gasteiger partial charge is 0.340 e. The Morgan fingerprint density at radius 3 is 2.33 bits per heavy atom. The van der Waals surface area contributed by atoms with Gasteiger partial charge in [0.2, 0.25) is 6.41 Å². The number of halogens is 2. The minimum Gasteiger partial charge on any atom is -0.340 e. The molecule has 24 heavy (non-hydrogen) atoms. The summed E-state index contributed by atoms with van der Waals surface area (Å²) in [5.74, 6) is 0. The first kappa shape index (κ1) is 21.2. The maximum absolute atomic E-state index is 11.3. The summed E-state index contributed by atoms with van der Waals surface area (Å²) in [5, 5.41) is 1.08. The van der Waals surface area contributed by atoms with Gasteiger partial charge in [0.15, 0.2) is 0 Å². The molecule has 1 aromatic carbocycles. The maximum Gasteiger partial charge on any atom is 0.210 e. The van der Waals surface area contributed by atoms with Gasteiger partial charge >= 0.3 is 0 Å². The average molecular weight is 374 g/mol. The predicted molar refractivity (Wildman–Crippen MR) is 103 cm³/mol. The third kappa shape index (κ3) is 8.34. The Kier molecular flexibility index (Phi) is 11.1. The van der Waals surface area contributed by atoms with Crippen LogP contribution in [0.4, 0.5) is 0 Å². The summed E-state index contributed by atoms with van der Waals surface area (Å²) in [6.45, 7) is 7.23. The Balaban J connectivity index is 0.000000891. The summed E-state index contributed by atoms with van der Waals surface area (Å²) < 4.78 is 0. The van der Waals surface area contributed by atoms with Gasteiger partial charge in [-0.2, -0.15) is 0 Å². The number of hydrogen-bond acceptors (Lipinski definition) is 3. The second kappa shape index (κ2) is 12.5. The van der Waals surface area contributed by atoms with Crippen LogP contribution in [0.5, 0.6) is 0 Å². The highest BCUT2D eigenvalue weighted by molar-refractivity contribution is 6.42. The molecule has 0 radical (unpaired) electrons. The molecule has 0 aliphatic carbocycles. The fourth-order valence-electron chi connectivity index (χ4n) is 2.67. The lowest BCUT2D eigenvalue weighted by atomic mass is 10.2. The Bertz CT molecular complexity index is 477. The number of amides is 1. The normalized spacial score (nSPS) is 15.2. The third-order valence-electron chi connectivity index (χ3n) is 3.92. The molecule has 1 aliphatic heterocycles. The van der Waals surface area contributed by atoms with Crippen LogP contribution in [0.25, 0.3) is 0 Å². The van der Waals surface area contributed by atoms with Crippen molar-refractivity contribution < 1.29 is 4.79 Å². The monoisotopic (exact) mass is 373 g/mol. The van der Waals surface area contributed by atoms with Gasteiger partial charge in [-0.1, -0.05) is 49.0 Å². The molecule has 0 spiro atoms. The van der Waals surface area contributed by atoms with Crippen molar-refractivity contribution in [3.05, 3.63) is 33.8 Å². The summed E-state index contributed by atoms with van der Waals surface area (Å²) in [7, 11) is 0. The van der Waals surface area contributed by atoms with Crippen molar-refractivity contribution in [3.63, 3.8) is 0 Å². The van der Waals surface area contributed by atoms with Crippen molar-refractivity contribution in [1.82, 2.24) is 9.80 Å². The molecule has 2 rings (SSSR count). The van der Waals surface area contributed by atoms with Crippen LogP contribution in [0.15, 0.2) is 18.2 Å². The van der Waals surface area contributed by atoms with E-state index < -0.39 is 0 Å². The molecule has 6 heteroatoms. The molecule has 1 aromatic rings. The molecule has 1 heterocycles. The molecule has 2 N–H and O–H groups in total. The third-order valence-corrected chi connectivity index (χ3v) is 4.66. The molecule has 0 aromatic heterocycles. The lowest BCUT2D eigenvalue weighted by Crippen LogP contribution is -2.34. The number of nitrogens with zero attached hydrogens (tertiary/aromatic N) is 2.